The molecule has 1 fully saturated rings. The summed E-state index contributed by atoms with van der Waals surface area (Å²) in [5, 5.41) is 31.7. The molecule has 0 radical (unpaired) electrons. The van der Waals surface area contributed by atoms with E-state index in [0.717, 1.165) is 33.4 Å². The first-order valence-electron chi connectivity index (χ1n) is 12.9. The van der Waals surface area contributed by atoms with Gasteiger partial charge in [-0.15, -0.1) is 0 Å². The molecule has 0 saturated carbocycles. The summed E-state index contributed by atoms with van der Waals surface area (Å²) in [5.74, 6) is -1.49. The van der Waals surface area contributed by atoms with Crippen LogP contribution in [0.5, 0.6) is 5.75 Å². The summed E-state index contributed by atoms with van der Waals surface area (Å²) in [4.78, 5) is 27.5. The first-order valence-corrected chi connectivity index (χ1v) is 12.9. The van der Waals surface area contributed by atoms with Crippen molar-refractivity contribution in [3.8, 4) is 5.75 Å². The second-order valence-corrected chi connectivity index (χ2v) is 10.6. The molecule has 0 spiro atoms. The van der Waals surface area contributed by atoms with Gasteiger partial charge in [0.05, 0.1) is 24.5 Å². The Morgan fingerprint density at radius 2 is 1.80 bits per heavy atom. The molecule has 1 aromatic rings. The predicted molar refractivity (Wildman–Crippen MR) is 138 cm³/mol. The van der Waals surface area contributed by atoms with Crippen LogP contribution in [0.4, 0.5) is 0 Å². The average molecular weight is 484 g/mol. The fourth-order valence-electron chi connectivity index (χ4n) is 5.90. The molecule has 35 heavy (non-hydrogen) atoms. The van der Waals surface area contributed by atoms with E-state index in [-0.39, 0.29) is 24.3 Å². The molecule has 1 heterocycles. The summed E-state index contributed by atoms with van der Waals surface area (Å²) in [7, 11) is 0. The Labute approximate surface area is 209 Å². The fraction of sp³-hybridized carbons (Fsp3) is 0.586. The van der Waals surface area contributed by atoms with Crippen molar-refractivity contribution >= 4 is 17.9 Å². The number of phenolic OH excluding ortho intramolecular Hbond substituents is 1. The van der Waals surface area contributed by atoms with Crippen LogP contribution >= 0.6 is 0 Å². The zero-order valence-corrected chi connectivity index (χ0v) is 22.0. The summed E-state index contributed by atoms with van der Waals surface area (Å²) in [5.41, 5.74) is 5.51. The van der Waals surface area contributed by atoms with Gasteiger partial charge in [0, 0.05) is 12.5 Å². The van der Waals surface area contributed by atoms with E-state index in [1.165, 1.54) is 4.90 Å². The zero-order chi connectivity index (χ0) is 26.0. The number of nitrogens with zero attached hydrogens (tertiary/aromatic N) is 1. The van der Waals surface area contributed by atoms with Gasteiger partial charge in [-0.1, -0.05) is 38.0 Å². The monoisotopic (exact) mass is 483 g/mol. The molecule has 6 nitrogen and oxygen atoms in total. The van der Waals surface area contributed by atoms with Crippen molar-refractivity contribution in [2.75, 3.05) is 13.2 Å². The van der Waals surface area contributed by atoms with Gasteiger partial charge in [0.1, 0.15) is 5.75 Å². The Hall–Kier alpha value is -2.44. The van der Waals surface area contributed by atoms with Crippen LogP contribution in [0.3, 0.4) is 0 Å². The quantitative estimate of drug-likeness (QED) is 0.354. The van der Waals surface area contributed by atoms with Crippen molar-refractivity contribution in [2.45, 2.75) is 73.3 Å². The SMILES string of the molecule is CCCN1C(=O)[C@@H]2[C@@H](CC(C(C)C)=C([C@H](O)CC/C(C)=C/c3cc(C)c(O)c(C)c3)[C@@H]2CO)C1=O. The van der Waals surface area contributed by atoms with Gasteiger partial charge in [-0.25, -0.2) is 0 Å². The highest BCUT2D eigenvalue weighted by atomic mass is 16.3. The third kappa shape index (κ3) is 5.39. The smallest absolute Gasteiger partial charge is 0.233 e. The zero-order valence-electron chi connectivity index (χ0n) is 22.0. The predicted octanol–water partition coefficient (Wildman–Crippen LogP) is 4.53. The Balaban J connectivity index is 1.84. The lowest BCUT2D eigenvalue weighted by molar-refractivity contribution is -0.140. The van der Waals surface area contributed by atoms with Crippen molar-refractivity contribution < 1.29 is 24.9 Å². The molecule has 6 heteroatoms. The number of carbonyl (C=O) groups excluding carboxylic acids is 2. The van der Waals surface area contributed by atoms with Crippen molar-refractivity contribution in [3.05, 3.63) is 45.5 Å². The highest BCUT2D eigenvalue weighted by Gasteiger charge is 2.54. The van der Waals surface area contributed by atoms with Crippen LogP contribution in [0.25, 0.3) is 6.08 Å². The van der Waals surface area contributed by atoms with Crippen LogP contribution in [-0.2, 0) is 9.59 Å². The first-order chi connectivity index (χ1) is 16.5. The third-order valence-electron chi connectivity index (χ3n) is 7.65. The molecule has 3 N–H and O–H groups in total. The Bertz CT molecular complexity index is 1010. The van der Waals surface area contributed by atoms with Crippen molar-refractivity contribution in [3.63, 3.8) is 0 Å². The maximum absolute atomic E-state index is 13.2. The van der Waals surface area contributed by atoms with Gasteiger partial charge in [0.25, 0.3) is 0 Å². The van der Waals surface area contributed by atoms with Crippen LogP contribution in [0.1, 0.15) is 70.1 Å². The molecule has 1 aromatic carbocycles. The molecule has 192 valence electrons. The summed E-state index contributed by atoms with van der Waals surface area (Å²) in [6.07, 6.45) is 3.56. The van der Waals surface area contributed by atoms with E-state index in [9.17, 15) is 24.9 Å². The Morgan fingerprint density at radius 1 is 1.17 bits per heavy atom. The molecule has 2 amide bonds. The molecular weight excluding hydrogens is 442 g/mol. The lowest BCUT2D eigenvalue weighted by Gasteiger charge is -2.38. The number of aromatic hydroxyl groups is 1. The van der Waals surface area contributed by atoms with E-state index >= 15 is 0 Å². The minimum Gasteiger partial charge on any atom is -0.507 e. The number of likely N-dealkylation sites (tertiary alicyclic amines) is 1. The van der Waals surface area contributed by atoms with E-state index in [2.05, 4.69) is 6.08 Å². The highest BCUT2D eigenvalue weighted by molar-refractivity contribution is 6.05. The van der Waals surface area contributed by atoms with Gasteiger partial charge in [0.15, 0.2) is 0 Å². The van der Waals surface area contributed by atoms with Gasteiger partial charge in [-0.3, -0.25) is 14.5 Å². The molecule has 1 saturated heterocycles. The topological polar surface area (TPSA) is 98.1 Å². The lowest BCUT2D eigenvalue weighted by Crippen LogP contribution is -2.39. The molecule has 0 unspecified atom stereocenters. The molecule has 0 aromatic heterocycles. The van der Waals surface area contributed by atoms with Crippen molar-refractivity contribution in [2.24, 2.45) is 23.7 Å². The molecular formula is C29H41NO5. The van der Waals surface area contributed by atoms with Crippen molar-refractivity contribution in [1.29, 1.82) is 0 Å². The molecule has 3 rings (SSSR count). The number of amides is 2. The second kappa shape index (κ2) is 11.1. The molecule has 1 aliphatic heterocycles. The highest BCUT2D eigenvalue weighted by Crippen LogP contribution is 2.48. The van der Waals surface area contributed by atoms with Crippen molar-refractivity contribution in [1.82, 2.24) is 4.90 Å². The van der Waals surface area contributed by atoms with Gasteiger partial charge in [0.2, 0.25) is 11.8 Å². The number of phenols is 1. The minimum absolute atomic E-state index is 0.109. The number of aliphatic hydroxyl groups excluding tert-OH is 2. The standard InChI is InChI=1S/C29H41NO5/c1-7-10-30-28(34)22-14-21(16(2)3)25(23(15-31)26(22)29(30)35)24(32)9-8-17(4)11-20-12-18(5)27(33)19(6)13-20/h11-13,16,22-24,26,31-33H,7-10,14-15H2,1-6H3/b17-11+/t22-,23+,24-,26-/m1/s1. The number of imide groups is 1. The molecule has 4 atom stereocenters. The Kier molecular flexibility index (Phi) is 8.60. The molecule has 0 bridgehead atoms. The maximum Gasteiger partial charge on any atom is 0.233 e. The van der Waals surface area contributed by atoms with Gasteiger partial charge in [-0.05, 0) is 86.8 Å². The average Bonchev–Trinajstić information content (AvgIpc) is 3.04. The van der Waals surface area contributed by atoms with Crippen LogP contribution < -0.4 is 0 Å². The third-order valence-corrected chi connectivity index (χ3v) is 7.65. The van der Waals surface area contributed by atoms with Gasteiger partial charge in [-0.2, -0.15) is 0 Å². The number of carbonyl (C=O) groups is 2. The van der Waals surface area contributed by atoms with E-state index in [1.807, 2.05) is 53.7 Å². The van der Waals surface area contributed by atoms with Crippen LogP contribution in [0.15, 0.2) is 28.9 Å². The van der Waals surface area contributed by atoms with E-state index in [1.54, 1.807) is 0 Å². The summed E-state index contributed by atoms with van der Waals surface area (Å²) < 4.78 is 0. The van der Waals surface area contributed by atoms with E-state index < -0.39 is 23.9 Å². The van der Waals surface area contributed by atoms with Gasteiger partial charge >= 0.3 is 0 Å². The van der Waals surface area contributed by atoms with Gasteiger partial charge < -0.3 is 15.3 Å². The number of rotatable bonds is 9. The minimum atomic E-state index is -0.791. The summed E-state index contributed by atoms with van der Waals surface area (Å²) in [6.45, 7) is 11.9. The number of hydrogen-bond acceptors (Lipinski definition) is 5. The van der Waals surface area contributed by atoms with E-state index in [0.29, 0.717) is 38.0 Å². The fourth-order valence-corrected chi connectivity index (χ4v) is 5.90. The normalized spacial score (nSPS) is 24.0. The number of fused-ring (bicyclic) bond motifs is 1. The maximum atomic E-state index is 13.2. The summed E-state index contributed by atoms with van der Waals surface area (Å²) >= 11 is 0. The van der Waals surface area contributed by atoms with Crippen LogP contribution in [-0.4, -0.2) is 51.3 Å². The molecule has 1 aliphatic carbocycles. The lowest BCUT2D eigenvalue weighted by atomic mass is 9.66. The van der Waals surface area contributed by atoms with Crippen LogP contribution in [0.2, 0.25) is 0 Å². The molecule has 2 aliphatic rings. The first kappa shape index (κ1) is 27.2. The largest absolute Gasteiger partial charge is 0.507 e. The Morgan fingerprint density at radius 3 is 2.34 bits per heavy atom. The number of hydrogen-bond donors (Lipinski definition) is 3. The number of aryl methyl sites for hydroxylation is 2. The van der Waals surface area contributed by atoms with E-state index in [4.69, 9.17) is 0 Å². The summed E-state index contributed by atoms with van der Waals surface area (Å²) in [6, 6.07) is 3.88. The number of aliphatic hydroxyl groups is 2. The number of allylic oxidation sites excluding steroid dienone is 2. The van der Waals surface area contributed by atoms with Crippen LogP contribution in [0, 0.1) is 37.5 Å². The second-order valence-electron chi connectivity index (χ2n) is 10.6. The number of benzene rings is 1.